The van der Waals surface area contributed by atoms with Crippen molar-refractivity contribution in [2.75, 3.05) is 63.1 Å². The van der Waals surface area contributed by atoms with Crippen LogP contribution >= 0.6 is 0 Å². The van der Waals surface area contributed by atoms with Gasteiger partial charge in [-0.25, -0.2) is 8.42 Å². The lowest BCUT2D eigenvalue weighted by Gasteiger charge is -2.35. The number of hydrogen-bond donors (Lipinski definition) is 1. The monoisotopic (exact) mass is 498 g/mol. The van der Waals surface area contributed by atoms with Crippen LogP contribution in [0.2, 0.25) is 0 Å². The van der Waals surface area contributed by atoms with Gasteiger partial charge in [-0.3, -0.25) is 4.79 Å². The molecule has 2 fully saturated rings. The lowest BCUT2D eigenvalue weighted by atomic mass is 9.96. The van der Waals surface area contributed by atoms with Crippen molar-refractivity contribution < 1.29 is 17.9 Å². The second kappa shape index (κ2) is 10.2. The molecular formula is C26H34N4O4S. The Morgan fingerprint density at radius 3 is 2.49 bits per heavy atom. The molecule has 1 amide bonds. The molecule has 8 nitrogen and oxygen atoms in total. The van der Waals surface area contributed by atoms with Crippen LogP contribution in [-0.2, 0) is 21.2 Å². The molecule has 9 heteroatoms. The number of para-hydroxylation sites is 1. The van der Waals surface area contributed by atoms with Crippen molar-refractivity contribution in [2.45, 2.75) is 30.6 Å². The van der Waals surface area contributed by atoms with Gasteiger partial charge in [0.1, 0.15) is 12.4 Å². The number of piperidine rings is 1. The molecule has 188 valence electrons. The molecule has 3 aliphatic rings. The summed E-state index contributed by atoms with van der Waals surface area (Å²) in [5, 5.41) is 3.08. The summed E-state index contributed by atoms with van der Waals surface area (Å²) < 4.78 is 34.1. The Hall–Kier alpha value is -2.62. The Bertz CT molecular complexity index is 1170. The minimum Gasteiger partial charge on any atom is -0.492 e. The minimum absolute atomic E-state index is 0.151. The zero-order valence-electron chi connectivity index (χ0n) is 20.3. The van der Waals surface area contributed by atoms with Crippen LogP contribution in [0.25, 0.3) is 0 Å². The van der Waals surface area contributed by atoms with Crippen molar-refractivity contribution in [3.05, 3.63) is 48.0 Å². The molecule has 35 heavy (non-hydrogen) atoms. The number of anilines is 2. The Morgan fingerprint density at radius 2 is 1.71 bits per heavy atom. The molecule has 2 aromatic rings. The number of likely N-dealkylation sites (N-methyl/N-ethyl adjacent to an activating group) is 1. The van der Waals surface area contributed by atoms with E-state index < -0.39 is 10.0 Å². The number of benzene rings is 2. The minimum atomic E-state index is -3.61. The van der Waals surface area contributed by atoms with Crippen molar-refractivity contribution in [3.63, 3.8) is 0 Å². The van der Waals surface area contributed by atoms with Gasteiger partial charge in [0.2, 0.25) is 15.9 Å². The Kier molecular flexibility index (Phi) is 7.00. The lowest BCUT2D eigenvalue weighted by Crippen LogP contribution is -2.45. The van der Waals surface area contributed by atoms with E-state index in [1.54, 1.807) is 16.4 Å². The summed E-state index contributed by atoms with van der Waals surface area (Å²) in [6, 6.07) is 13.0. The van der Waals surface area contributed by atoms with Crippen molar-refractivity contribution in [2.24, 2.45) is 5.92 Å². The highest BCUT2D eigenvalue weighted by molar-refractivity contribution is 7.89. The maximum atomic E-state index is 13.4. The average Bonchev–Trinajstić information content (AvgIpc) is 2.89. The van der Waals surface area contributed by atoms with Crippen LogP contribution in [0, 0.1) is 5.92 Å². The molecule has 0 saturated carbocycles. The molecular weight excluding hydrogens is 464 g/mol. The van der Waals surface area contributed by atoms with Gasteiger partial charge in [-0.2, -0.15) is 4.31 Å². The van der Waals surface area contributed by atoms with Crippen LogP contribution < -0.4 is 15.0 Å². The van der Waals surface area contributed by atoms with E-state index >= 15 is 0 Å². The summed E-state index contributed by atoms with van der Waals surface area (Å²) in [7, 11) is -1.52. The molecule has 1 N–H and O–H groups in total. The van der Waals surface area contributed by atoms with E-state index in [-0.39, 0.29) is 16.7 Å². The van der Waals surface area contributed by atoms with Crippen molar-refractivity contribution in [1.29, 1.82) is 0 Å². The van der Waals surface area contributed by atoms with Gasteiger partial charge in [-0.05, 0) is 56.1 Å². The molecule has 0 spiro atoms. The number of fused-ring (bicyclic) bond motifs is 1. The molecule has 2 saturated heterocycles. The van der Waals surface area contributed by atoms with E-state index in [0.717, 1.165) is 62.4 Å². The van der Waals surface area contributed by atoms with Crippen LogP contribution in [0.3, 0.4) is 0 Å². The number of nitrogens with one attached hydrogen (secondary N) is 1. The summed E-state index contributed by atoms with van der Waals surface area (Å²) in [6.07, 6.45) is 3.41. The summed E-state index contributed by atoms with van der Waals surface area (Å²) >= 11 is 0. The molecule has 3 aliphatic heterocycles. The summed E-state index contributed by atoms with van der Waals surface area (Å²) in [6.45, 7) is 4.85. The van der Waals surface area contributed by atoms with E-state index in [2.05, 4.69) is 22.2 Å². The van der Waals surface area contributed by atoms with Gasteiger partial charge in [0.15, 0.2) is 0 Å². The van der Waals surface area contributed by atoms with Gasteiger partial charge in [0.05, 0.1) is 22.2 Å². The van der Waals surface area contributed by atoms with Gasteiger partial charge in [0, 0.05) is 39.3 Å². The summed E-state index contributed by atoms with van der Waals surface area (Å²) in [5.41, 5.74) is 2.43. The molecule has 0 aromatic heterocycles. The first-order chi connectivity index (χ1) is 16.9. The maximum Gasteiger partial charge on any atom is 0.243 e. The number of ether oxygens (including phenoxy) is 1. The fourth-order valence-corrected chi connectivity index (χ4v) is 6.63. The lowest BCUT2D eigenvalue weighted by molar-refractivity contribution is -0.121. The highest BCUT2D eigenvalue weighted by Gasteiger charge is 2.30. The third-order valence-corrected chi connectivity index (χ3v) is 9.17. The van der Waals surface area contributed by atoms with Crippen LogP contribution in [-0.4, -0.2) is 76.5 Å². The van der Waals surface area contributed by atoms with E-state index in [0.29, 0.717) is 31.8 Å². The molecule has 1 atom stereocenters. The van der Waals surface area contributed by atoms with Gasteiger partial charge in [0.25, 0.3) is 0 Å². The first kappa shape index (κ1) is 24.1. The molecule has 3 heterocycles. The van der Waals surface area contributed by atoms with E-state index in [1.807, 2.05) is 30.3 Å². The van der Waals surface area contributed by atoms with Crippen LogP contribution in [0.1, 0.15) is 24.8 Å². The Labute approximate surface area is 207 Å². The molecule has 0 radical (unpaired) electrons. The Balaban J connectivity index is 1.42. The predicted molar refractivity (Wildman–Crippen MR) is 137 cm³/mol. The quantitative estimate of drug-likeness (QED) is 0.683. The largest absolute Gasteiger partial charge is 0.492 e. The smallest absolute Gasteiger partial charge is 0.243 e. The number of rotatable bonds is 5. The standard InChI is InChI=1S/C26H34N4O4S/c1-28-13-15-29(16-14-28)24-10-9-22(35(32,33)30-11-5-2-6-12-30)18-23(24)27-26(31)21-17-20-7-3-4-8-25(20)34-19-21/h3-4,7-10,18,21H,2,5-6,11-17,19H2,1H3,(H,27,31)/t21-/m1/s1. The van der Waals surface area contributed by atoms with Gasteiger partial charge >= 0.3 is 0 Å². The van der Waals surface area contributed by atoms with E-state index in [9.17, 15) is 13.2 Å². The third kappa shape index (κ3) is 5.17. The second-order valence-corrected chi connectivity index (χ2v) is 11.7. The van der Waals surface area contributed by atoms with Gasteiger partial charge in [-0.15, -0.1) is 0 Å². The normalized spacial score (nSPS) is 21.7. The SMILES string of the molecule is CN1CCN(c2ccc(S(=O)(=O)N3CCCCC3)cc2NC(=O)[C@H]2COc3ccccc3C2)CC1. The number of hydrogen-bond acceptors (Lipinski definition) is 6. The van der Waals surface area contributed by atoms with Crippen LogP contribution in [0.4, 0.5) is 11.4 Å². The summed E-state index contributed by atoms with van der Waals surface area (Å²) in [5.74, 6) is 0.333. The van der Waals surface area contributed by atoms with Crippen LogP contribution in [0.5, 0.6) is 5.75 Å². The Morgan fingerprint density at radius 1 is 0.971 bits per heavy atom. The highest BCUT2D eigenvalue weighted by Crippen LogP contribution is 2.33. The van der Waals surface area contributed by atoms with Gasteiger partial charge < -0.3 is 19.9 Å². The number of carbonyl (C=O) groups excluding carboxylic acids is 1. The molecule has 0 aliphatic carbocycles. The number of carbonyl (C=O) groups is 1. The highest BCUT2D eigenvalue weighted by atomic mass is 32.2. The fraction of sp³-hybridized carbons (Fsp3) is 0.500. The van der Waals surface area contributed by atoms with E-state index in [1.165, 1.54) is 0 Å². The molecule has 0 unspecified atom stereocenters. The first-order valence-corrected chi connectivity index (χ1v) is 13.9. The topological polar surface area (TPSA) is 82.2 Å². The average molecular weight is 499 g/mol. The zero-order valence-corrected chi connectivity index (χ0v) is 21.1. The third-order valence-electron chi connectivity index (χ3n) is 7.27. The maximum absolute atomic E-state index is 13.4. The number of piperazine rings is 1. The molecule has 5 rings (SSSR count). The number of amides is 1. The van der Waals surface area contributed by atoms with Gasteiger partial charge in [-0.1, -0.05) is 24.6 Å². The second-order valence-electron chi connectivity index (χ2n) is 9.74. The molecule has 2 aromatic carbocycles. The number of sulfonamides is 1. The number of nitrogens with zero attached hydrogens (tertiary/aromatic N) is 3. The predicted octanol–water partition coefficient (Wildman–Crippen LogP) is 2.80. The van der Waals surface area contributed by atoms with Crippen molar-refractivity contribution >= 4 is 27.3 Å². The molecule has 0 bridgehead atoms. The van der Waals surface area contributed by atoms with Crippen molar-refractivity contribution in [1.82, 2.24) is 9.21 Å². The summed E-state index contributed by atoms with van der Waals surface area (Å²) in [4.78, 5) is 18.1. The van der Waals surface area contributed by atoms with E-state index in [4.69, 9.17) is 4.74 Å². The van der Waals surface area contributed by atoms with Crippen LogP contribution in [0.15, 0.2) is 47.4 Å². The fourth-order valence-electron chi connectivity index (χ4n) is 5.08. The van der Waals surface area contributed by atoms with Crippen molar-refractivity contribution in [3.8, 4) is 5.75 Å². The first-order valence-electron chi connectivity index (χ1n) is 12.5. The zero-order chi connectivity index (χ0) is 24.4.